The molecule has 3 rings (SSSR count). The lowest BCUT2D eigenvalue weighted by Gasteiger charge is -2.19. The molecule has 0 fully saturated rings. The summed E-state index contributed by atoms with van der Waals surface area (Å²) in [5.74, 6) is 1.04. The van der Waals surface area contributed by atoms with Gasteiger partial charge in [-0.15, -0.1) is 0 Å². The minimum absolute atomic E-state index is 0.0503. The van der Waals surface area contributed by atoms with Crippen LogP contribution in [0.25, 0.3) is 17.0 Å². The maximum atomic E-state index is 12.9. The van der Waals surface area contributed by atoms with Crippen molar-refractivity contribution in [3.63, 3.8) is 0 Å². The van der Waals surface area contributed by atoms with Crippen molar-refractivity contribution in [1.29, 1.82) is 5.26 Å². The average Bonchev–Trinajstić information content (AvgIpc) is 3.21. The first-order valence-corrected chi connectivity index (χ1v) is 11.7. The van der Waals surface area contributed by atoms with E-state index in [0.717, 1.165) is 28.3 Å². The summed E-state index contributed by atoms with van der Waals surface area (Å²) in [7, 11) is 0. The van der Waals surface area contributed by atoms with E-state index in [9.17, 15) is 15.2 Å². The van der Waals surface area contributed by atoms with Crippen molar-refractivity contribution in [3.05, 3.63) is 77.8 Å². The van der Waals surface area contributed by atoms with Gasteiger partial charge in [-0.2, -0.15) is 5.26 Å². The summed E-state index contributed by atoms with van der Waals surface area (Å²) in [6.07, 6.45) is 2.86. The number of benzene rings is 2. The second-order valence-electron chi connectivity index (χ2n) is 8.85. The molecule has 0 saturated heterocycles. The summed E-state index contributed by atoms with van der Waals surface area (Å²) >= 11 is 0. The minimum atomic E-state index is -0.298. The van der Waals surface area contributed by atoms with E-state index >= 15 is 0 Å². The summed E-state index contributed by atoms with van der Waals surface area (Å²) in [5, 5.41) is 22.0. The summed E-state index contributed by atoms with van der Waals surface area (Å²) in [6.45, 7) is 11.6. The molecule has 0 aliphatic carbocycles. The zero-order valence-corrected chi connectivity index (χ0v) is 20.7. The minimum Gasteiger partial charge on any atom is -0.490 e. The molecule has 35 heavy (non-hydrogen) atoms. The number of ether oxygens (including phenoxy) is 1. The third-order valence-corrected chi connectivity index (χ3v) is 5.56. The van der Waals surface area contributed by atoms with Crippen LogP contribution in [0.3, 0.4) is 0 Å². The Morgan fingerprint density at radius 2 is 1.97 bits per heavy atom. The van der Waals surface area contributed by atoms with Gasteiger partial charge in [-0.05, 0) is 64.3 Å². The van der Waals surface area contributed by atoms with E-state index in [2.05, 4.69) is 22.9 Å². The molecule has 1 heterocycles. The number of allylic oxidation sites excluding steroid dienone is 1. The monoisotopic (exact) mass is 472 g/mol. The van der Waals surface area contributed by atoms with E-state index in [1.807, 2.05) is 62.7 Å². The summed E-state index contributed by atoms with van der Waals surface area (Å²) in [5.41, 5.74) is 4.48. The first-order valence-electron chi connectivity index (χ1n) is 11.7. The second-order valence-corrected chi connectivity index (χ2v) is 8.85. The van der Waals surface area contributed by atoms with E-state index < -0.39 is 0 Å². The van der Waals surface area contributed by atoms with Gasteiger partial charge in [0.2, 0.25) is 0 Å². The van der Waals surface area contributed by atoms with Gasteiger partial charge in [0.15, 0.2) is 0 Å². The maximum absolute atomic E-state index is 12.9. The highest BCUT2D eigenvalue weighted by atomic mass is 16.5. The Morgan fingerprint density at radius 1 is 1.26 bits per heavy atom. The van der Waals surface area contributed by atoms with Gasteiger partial charge < -0.3 is 19.7 Å². The van der Waals surface area contributed by atoms with Crippen molar-refractivity contribution >= 4 is 11.6 Å². The zero-order chi connectivity index (χ0) is 25.5. The Morgan fingerprint density at radius 3 is 2.54 bits per heavy atom. The molecule has 1 aromatic heterocycles. The number of carbonyl (C=O) groups excluding carboxylic acids is 1. The van der Waals surface area contributed by atoms with Gasteiger partial charge in [-0.1, -0.05) is 30.8 Å². The van der Waals surface area contributed by atoms with Crippen molar-refractivity contribution in [3.8, 4) is 23.1 Å². The van der Waals surface area contributed by atoms with Crippen LogP contribution in [-0.2, 0) is 6.42 Å². The van der Waals surface area contributed by atoms with Crippen LogP contribution in [0.2, 0.25) is 0 Å². The predicted octanol–water partition coefficient (Wildman–Crippen LogP) is 4.73. The van der Waals surface area contributed by atoms with E-state index in [1.165, 1.54) is 6.07 Å². The quantitative estimate of drug-likeness (QED) is 0.444. The highest BCUT2D eigenvalue weighted by Gasteiger charge is 2.17. The molecule has 7 nitrogen and oxygen atoms in total. The lowest BCUT2D eigenvalue weighted by Crippen LogP contribution is -2.37. The number of carbonyl (C=O) groups is 1. The fraction of sp³-hybridized carbons (Fsp3) is 0.321. The van der Waals surface area contributed by atoms with Crippen molar-refractivity contribution in [2.24, 2.45) is 0 Å². The zero-order valence-electron chi connectivity index (χ0n) is 20.7. The second kappa shape index (κ2) is 11.5. The van der Waals surface area contributed by atoms with E-state index in [0.29, 0.717) is 29.7 Å². The first-order chi connectivity index (χ1) is 16.7. The number of nitrogens with zero attached hydrogens (tertiary/aromatic N) is 3. The van der Waals surface area contributed by atoms with Crippen molar-refractivity contribution in [2.75, 3.05) is 6.61 Å². The number of aliphatic hydroxyl groups is 1. The van der Waals surface area contributed by atoms with Crippen LogP contribution in [0.4, 0.5) is 0 Å². The van der Waals surface area contributed by atoms with Gasteiger partial charge in [0.05, 0.1) is 17.4 Å². The topological polar surface area (TPSA) is 100 Å². The molecular weight excluding hydrogens is 440 g/mol. The fourth-order valence-electron chi connectivity index (χ4n) is 3.86. The van der Waals surface area contributed by atoms with Crippen LogP contribution in [-0.4, -0.2) is 39.3 Å². The Kier molecular flexibility index (Phi) is 8.45. The molecule has 2 N–H and O–H groups in total. The number of hydrogen-bond donors (Lipinski definition) is 2. The molecular formula is C28H32N4O3. The van der Waals surface area contributed by atoms with Gasteiger partial charge >= 0.3 is 0 Å². The number of rotatable bonds is 10. The SMILES string of the molecule is C=C(C)n1cc(-c2ccc(C[C@@H](CCO)NC(=O)c3ccc(OC(C)C)c(C#N)c3)cc2)nc1C. The van der Waals surface area contributed by atoms with Gasteiger partial charge in [0.1, 0.15) is 17.6 Å². The molecule has 0 radical (unpaired) electrons. The number of aliphatic hydroxyl groups excluding tert-OH is 1. The van der Waals surface area contributed by atoms with Crippen LogP contribution in [0, 0.1) is 18.3 Å². The van der Waals surface area contributed by atoms with Crippen LogP contribution >= 0.6 is 0 Å². The molecule has 182 valence electrons. The lowest BCUT2D eigenvalue weighted by atomic mass is 10.0. The van der Waals surface area contributed by atoms with Crippen LogP contribution in [0.5, 0.6) is 5.75 Å². The molecule has 0 saturated carbocycles. The number of hydrogen-bond acceptors (Lipinski definition) is 5. The number of aromatic nitrogens is 2. The van der Waals surface area contributed by atoms with Crippen LogP contribution in [0.15, 0.2) is 55.2 Å². The number of imidazole rings is 1. The Balaban J connectivity index is 1.71. The molecule has 0 spiro atoms. The maximum Gasteiger partial charge on any atom is 0.251 e. The Bertz CT molecular complexity index is 1240. The third kappa shape index (κ3) is 6.58. The smallest absolute Gasteiger partial charge is 0.251 e. The number of nitrogens with one attached hydrogen (secondary N) is 1. The highest BCUT2D eigenvalue weighted by Crippen LogP contribution is 2.23. The molecule has 0 aliphatic heterocycles. The largest absolute Gasteiger partial charge is 0.490 e. The van der Waals surface area contributed by atoms with Gasteiger partial charge in [0, 0.05) is 35.7 Å². The standard InChI is InChI=1S/C28H32N4O3/c1-18(2)32-17-26(30-20(32)5)22-8-6-21(7-9-22)14-25(12-13-33)31-28(34)23-10-11-27(35-19(3)4)24(15-23)16-29/h6-11,15,17,19,25,33H,1,12-14H2,2-5H3,(H,31,34)/t25-/m1/s1. The molecule has 1 amide bonds. The van der Waals surface area contributed by atoms with Crippen molar-refractivity contribution in [1.82, 2.24) is 14.9 Å². The van der Waals surface area contributed by atoms with Crippen LogP contribution < -0.4 is 10.1 Å². The first kappa shape index (κ1) is 25.7. The molecule has 3 aromatic rings. The predicted molar refractivity (Wildman–Crippen MR) is 137 cm³/mol. The van der Waals surface area contributed by atoms with Gasteiger partial charge in [-0.25, -0.2) is 4.98 Å². The summed E-state index contributed by atoms with van der Waals surface area (Å²) < 4.78 is 7.59. The lowest BCUT2D eigenvalue weighted by molar-refractivity contribution is 0.0930. The highest BCUT2D eigenvalue weighted by molar-refractivity contribution is 5.95. The van der Waals surface area contributed by atoms with E-state index in [4.69, 9.17) is 4.74 Å². The van der Waals surface area contributed by atoms with Crippen molar-refractivity contribution in [2.45, 2.75) is 52.7 Å². The molecule has 7 heteroatoms. The molecule has 0 unspecified atom stereocenters. The summed E-state index contributed by atoms with van der Waals surface area (Å²) in [4.78, 5) is 17.5. The normalized spacial score (nSPS) is 11.7. The molecule has 0 aliphatic rings. The number of nitriles is 1. The van der Waals surface area contributed by atoms with Crippen molar-refractivity contribution < 1.29 is 14.6 Å². The fourth-order valence-corrected chi connectivity index (χ4v) is 3.86. The average molecular weight is 473 g/mol. The Hall–Kier alpha value is -3.89. The molecule has 2 aromatic carbocycles. The van der Waals surface area contributed by atoms with Gasteiger partial charge in [-0.3, -0.25) is 4.79 Å². The van der Waals surface area contributed by atoms with E-state index in [1.54, 1.807) is 12.1 Å². The molecule has 1 atom stereocenters. The summed E-state index contributed by atoms with van der Waals surface area (Å²) in [6, 6.07) is 14.7. The number of amides is 1. The molecule has 0 bridgehead atoms. The van der Waals surface area contributed by atoms with Crippen LogP contribution in [0.1, 0.15) is 54.5 Å². The Labute approximate surface area is 206 Å². The van der Waals surface area contributed by atoms with Gasteiger partial charge in [0.25, 0.3) is 5.91 Å². The third-order valence-electron chi connectivity index (χ3n) is 5.56. The number of aryl methyl sites for hydroxylation is 1. The van der Waals surface area contributed by atoms with E-state index in [-0.39, 0.29) is 24.7 Å².